The van der Waals surface area contributed by atoms with Crippen LogP contribution >= 0.6 is 11.3 Å². The lowest BCUT2D eigenvalue weighted by Crippen LogP contribution is -2.30. The number of nitrogens with zero attached hydrogens (tertiary/aromatic N) is 2. The highest BCUT2D eigenvalue weighted by atomic mass is 32.1. The fourth-order valence-electron chi connectivity index (χ4n) is 3.33. The van der Waals surface area contributed by atoms with Crippen molar-refractivity contribution in [3.8, 4) is 10.8 Å². The smallest absolute Gasteiger partial charge is 0.236 e. The van der Waals surface area contributed by atoms with Gasteiger partial charge in [0.15, 0.2) is 0 Å². The number of oxazole rings is 1. The summed E-state index contributed by atoms with van der Waals surface area (Å²) in [5.41, 5.74) is 2.16. The first-order valence-electron chi connectivity index (χ1n) is 8.25. The zero-order valence-corrected chi connectivity index (χ0v) is 14.1. The maximum Gasteiger partial charge on any atom is 0.236 e. The van der Waals surface area contributed by atoms with Crippen LogP contribution in [0.1, 0.15) is 24.1 Å². The zero-order chi connectivity index (χ0) is 16.4. The second-order valence-electron chi connectivity index (χ2n) is 6.22. The minimum Gasteiger partial charge on any atom is -0.444 e. The third-order valence-electron chi connectivity index (χ3n) is 4.53. The van der Waals surface area contributed by atoms with Crippen molar-refractivity contribution in [3.05, 3.63) is 65.1 Å². The predicted molar refractivity (Wildman–Crippen MR) is 93.4 cm³/mol. The number of likely N-dealkylation sites (tertiary alicyclic amines) is 1. The molecule has 0 spiro atoms. The van der Waals surface area contributed by atoms with E-state index in [1.165, 1.54) is 18.4 Å². The van der Waals surface area contributed by atoms with Crippen LogP contribution in [0.5, 0.6) is 0 Å². The number of rotatable bonds is 5. The van der Waals surface area contributed by atoms with Gasteiger partial charge in [-0.25, -0.2) is 9.37 Å². The molecule has 1 saturated heterocycles. The third kappa shape index (κ3) is 3.42. The average Bonchev–Trinajstić information content (AvgIpc) is 3.32. The lowest BCUT2D eigenvalue weighted by molar-refractivity contribution is 0.241. The fourth-order valence-corrected chi connectivity index (χ4v) is 3.98. The summed E-state index contributed by atoms with van der Waals surface area (Å²) >= 11 is 1.64. The molecule has 0 N–H and O–H groups in total. The highest BCUT2D eigenvalue weighted by Crippen LogP contribution is 2.26. The second-order valence-corrected chi connectivity index (χ2v) is 7.17. The molecule has 1 fully saturated rings. The van der Waals surface area contributed by atoms with E-state index < -0.39 is 0 Å². The lowest BCUT2D eigenvalue weighted by atomic mass is 10.0. The van der Waals surface area contributed by atoms with Crippen LogP contribution in [0.4, 0.5) is 4.39 Å². The van der Waals surface area contributed by atoms with Gasteiger partial charge in [0.25, 0.3) is 0 Å². The molecule has 1 aliphatic heterocycles. The van der Waals surface area contributed by atoms with Crippen molar-refractivity contribution in [2.75, 3.05) is 6.54 Å². The van der Waals surface area contributed by atoms with Crippen molar-refractivity contribution in [2.45, 2.75) is 31.8 Å². The van der Waals surface area contributed by atoms with Gasteiger partial charge in [-0.3, -0.25) is 4.90 Å². The maximum atomic E-state index is 13.1. The van der Waals surface area contributed by atoms with Crippen LogP contribution in [0.25, 0.3) is 10.8 Å². The normalized spacial score (nSPS) is 18.3. The van der Waals surface area contributed by atoms with Crippen LogP contribution < -0.4 is 0 Å². The predicted octanol–water partition coefficient (Wildman–Crippen LogP) is 4.75. The number of thiophene rings is 1. The third-order valence-corrected chi connectivity index (χ3v) is 5.39. The van der Waals surface area contributed by atoms with E-state index in [2.05, 4.69) is 9.88 Å². The molecule has 2 aromatic heterocycles. The molecule has 0 bridgehead atoms. The molecule has 1 aromatic carbocycles. The molecule has 0 aliphatic carbocycles. The number of hydrogen-bond donors (Lipinski definition) is 0. The molecule has 0 amide bonds. The Hall–Kier alpha value is -1.98. The van der Waals surface area contributed by atoms with Crippen molar-refractivity contribution in [3.63, 3.8) is 0 Å². The van der Waals surface area contributed by atoms with Crippen molar-refractivity contribution in [1.29, 1.82) is 0 Å². The molecule has 3 aromatic rings. The molecular weight excluding hydrogens is 323 g/mol. The fraction of sp³-hybridized carbons (Fsp3) is 0.316. The highest BCUT2D eigenvalue weighted by molar-refractivity contribution is 7.13. The number of aromatic nitrogens is 1. The van der Waals surface area contributed by atoms with E-state index in [1.807, 2.05) is 29.6 Å². The first-order chi connectivity index (χ1) is 11.8. The zero-order valence-electron chi connectivity index (χ0n) is 13.3. The van der Waals surface area contributed by atoms with Gasteiger partial charge < -0.3 is 4.42 Å². The monoisotopic (exact) mass is 342 g/mol. The van der Waals surface area contributed by atoms with Gasteiger partial charge in [0, 0.05) is 12.6 Å². The van der Waals surface area contributed by atoms with Crippen LogP contribution in [0.15, 0.2) is 52.5 Å². The first-order valence-corrected chi connectivity index (χ1v) is 9.13. The SMILES string of the molecule is Fc1ccc(C[C@@H]2CCCN2Cc2coc(-c3cccs3)n2)cc1. The van der Waals surface area contributed by atoms with E-state index in [-0.39, 0.29) is 5.82 Å². The van der Waals surface area contributed by atoms with Crippen molar-refractivity contribution >= 4 is 11.3 Å². The average molecular weight is 342 g/mol. The molecule has 3 nitrogen and oxygen atoms in total. The number of hydrogen-bond acceptors (Lipinski definition) is 4. The van der Waals surface area contributed by atoms with E-state index in [4.69, 9.17) is 4.42 Å². The highest BCUT2D eigenvalue weighted by Gasteiger charge is 2.25. The quantitative estimate of drug-likeness (QED) is 0.670. The standard InChI is InChI=1S/C19H19FN2OS/c20-15-7-5-14(6-8-15)11-17-3-1-9-22(17)12-16-13-23-19(21-16)18-4-2-10-24-18/h2,4-8,10,13,17H,1,3,9,11-12H2/t17-/m0/s1. The van der Waals surface area contributed by atoms with E-state index in [9.17, 15) is 4.39 Å². The molecule has 0 unspecified atom stereocenters. The van der Waals surface area contributed by atoms with Gasteiger partial charge in [0.2, 0.25) is 5.89 Å². The van der Waals surface area contributed by atoms with Crippen LogP contribution in [0.3, 0.4) is 0 Å². The van der Waals surface area contributed by atoms with Gasteiger partial charge in [-0.05, 0) is 54.9 Å². The Morgan fingerprint density at radius 1 is 1.25 bits per heavy atom. The van der Waals surface area contributed by atoms with Crippen LogP contribution in [-0.2, 0) is 13.0 Å². The Bertz CT molecular complexity index is 782. The summed E-state index contributed by atoms with van der Waals surface area (Å²) in [4.78, 5) is 8.14. The minimum atomic E-state index is -0.175. The summed E-state index contributed by atoms with van der Waals surface area (Å²) in [6.07, 6.45) is 5.09. The molecule has 4 rings (SSSR count). The summed E-state index contributed by atoms with van der Waals surface area (Å²) in [7, 11) is 0. The Balaban J connectivity index is 1.42. The molecule has 1 atom stereocenters. The molecule has 0 radical (unpaired) electrons. The van der Waals surface area contributed by atoms with E-state index in [1.54, 1.807) is 29.7 Å². The van der Waals surface area contributed by atoms with Crippen molar-refractivity contribution in [1.82, 2.24) is 9.88 Å². The summed E-state index contributed by atoms with van der Waals surface area (Å²) in [6, 6.07) is 11.4. The molecule has 3 heterocycles. The second kappa shape index (κ2) is 6.87. The molecule has 1 aliphatic rings. The van der Waals surface area contributed by atoms with Crippen LogP contribution in [-0.4, -0.2) is 22.5 Å². The first kappa shape index (κ1) is 15.5. The van der Waals surface area contributed by atoms with Gasteiger partial charge in [0.05, 0.1) is 10.6 Å². The van der Waals surface area contributed by atoms with Crippen LogP contribution in [0.2, 0.25) is 0 Å². The summed E-state index contributed by atoms with van der Waals surface area (Å²) in [5, 5.41) is 2.03. The Labute approximate surface area is 144 Å². The van der Waals surface area contributed by atoms with Crippen molar-refractivity contribution in [2.24, 2.45) is 0 Å². The summed E-state index contributed by atoms with van der Waals surface area (Å²) in [5.74, 6) is 0.528. The van der Waals surface area contributed by atoms with Crippen LogP contribution in [0, 0.1) is 5.82 Å². The largest absolute Gasteiger partial charge is 0.444 e. The molecule has 24 heavy (non-hydrogen) atoms. The number of benzene rings is 1. The molecular formula is C19H19FN2OS. The van der Waals surface area contributed by atoms with E-state index >= 15 is 0 Å². The topological polar surface area (TPSA) is 29.3 Å². The Kier molecular flexibility index (Phi) is 4.45. The minimum absolute atomic E-state index is 0.175. The van der Waals surface area contributed by atoms with Crippen molar-refractivity contribution < 1.29 is 8.81 Å². The molecule has 0 saturated carbocycles. The maximum absolute atomic E-state index is 13.1. The van der Waals surface area contributed by atoms with Gasteiger partial charge in [-0.15, -0.1) is 11.3 Å². The van der Waals surface area contributed by atoms with Gasteiger partial charge in [-0.2, -0.15) is 0 Å². The van der Waals surface area contributed by atoms with E-state index in [0.29, 0.717) is 11.9 Å². The Morgan fingerprint density at radius 2 is 2.12 bits per heavy atom. The van der Waals surface area contributed by atoms with Gasteiger partial charge in [-0.1, -0.05) is 18.2 Å². The van der Waals surface area contributed by atoms with Gasteiger partial charge >= 0.3 is 0 Å². The number of halogens is 1. The summed E-state index contributed by atoms with van der Waals surface area (Å²) in [6.45, 7) is 1.88. The van der Waals surface area contributed by atoms with E-state index in [0.717, 1.165) is 30.1 Å². The Morgan fingerprint density at radius 3 is 2.92 bits per heavy atom. The lowest BCUT2D eigenvalue weighted by Gasteiger charge is -2.23. The van der Waals surface area contributed by atoms with Gasteiger partial charge in [0.1, 0.15) is 12.1 Å². The molecule has 124 valence electrons. The molecule has 5 heteroatoms. The summed E-state index contributed by atoms with van der Waals surface area (Å²) < 4.78 is 18.7.